The molecule has 0 aromatic heterocycles. The average molecular weight is 434 g/mol. The average Bonchev–Trinajstić information content (AvgIpc) is 2.80. The van der Waals surface area contributed by atoms with Gasteiger partial charge in [-0.25, -0.2) is 0 Å². The van der Waals surface area contributed by atoms with Crippen molar-refractivity contribution in [3.63, 3.8) is 0 Å². The summed E-state index contributed by atoms with van der Waals surface area (Å²) in [5.74, 6) is 0.613. The molecule has 1 heterocycles. The van der Waals surface area contributed by atoms with Crippen molar-refractivity contribution < 1.29 is 9.53 Å². The van der Waals surface area contributed by atoms with Gasteiger partial charge in [0.05, 0.1) is 6.07 Å². The number of nitrogens with one attached hydrogen (secondary N) is 1. The Kier molecular flexibility index (Phi) is 8.84. The number of rotatable bonds is 9. The van der Waals surface area contributed by atoms with E-state index in [1.54, 1.807) is 0 Å². The fourth-order valence-electron chi connectivity index (χ4n) is 4.42. The number of hydrogen-bond donors (Lipinski definition) is 1. The second-order valence-electron chi connectivity index (χ2n) is 9.19. The van der Waals surface area contributed by atoms with Crippen molar-refractivity contribution in [3.05, 3.63) is 71.3 Å². The third-order valence-electron chi connectivity index (χ3n) is 6.06. The summed E-state index contributed by atoms with van der Waals surface area (Å²) >= 11 is 0. The van der Waals surface area contributed by atoms with Gasteiger partial charge in [-0.2, -0.15) is 5.26 Å². The Labute approximate surface area is 192 Å². The first kappa shape index (κ1) is 24.0. The van der Waals surface area contributed by atoms with Crippen LogP contribution in [0.1, 0.15) is 61.8 Å². The van der Waals surface area contributed by atoms with Crippen LogP contribution in [0.4, 0.5) is 0 Å². The van der Waals surface area contributed by atoms with Crippen LogP contribution >= 0.6 is 0 Å². The maximum atomic E-state index is 12.7. The van der Waals surface area contributed by atoms with Crippen molar-refractivity contribution in [2.75, 3.05) is 26.7 Å². The minimum absolute atomic E-state index is 0.0165. The number of benzene rings is 2. The van der Waals surface area contributed by atoms with Gasteiger partial charge in [-0.1, -0.05) is 68.4 Å². The maximum Gasteiger partial charge on any atom is 0.250 e. The number of likely N-dealkylation sites (N-methyl/N-ethyl adjacent to an activating group) is 1. The summed E-state index contributed by atoms with van der Waals surface area (Å²) in [7, 11) is 2.19. The van der Waals surface area contributed by atoms with E-state index in [0.717, 1.165) is 17.7 Å². The van der Waals surface area contributed by atoms with Crippen LogP contribution in [0.3, 0.4) is 0 Å². The molecule has 1 fully saturated rings. The molecule has 5 heteroatoms. The van der Waals surface area contributed by atoms with Crippen LogP contribution in [-0.4, -0.2) is 43.6 Å². The number of likely N-dealkylation sites (tertiary alicyclic amines) is 1. The van der Waals surface area contributed by atoms with Crippen LogP contribution in [0, 0.1) is 17.2 Å². The van der Waals surface area contributed by atoms with Gasteiger partial charge in [0.2, 0.25) is 5.91 Å². The van der Waals surface area contributed by atoms with Crippen molar-refractivity contribution in [2.24, 2.45) is 5.92 Å². The van der Waals surface area contributed by atoms with Crippen LogP contribution in [0.15, 0.2) is 54.6 Å². The molecule has 0 bridgehead atoms. The highest BCUT2D eigenvalue weighted by Crippen LogP contribution is 2.32. The van der Waals surface area contributed by atoms with Crippen LogP contribution < -0.4 is 5.32 Å². The highest BCUT2D eigenvalue weighted by molar-refractivity contribution is 5.81. The molecule has 3 atom stereocenters. The number of piperidine rings is 1. The van der Waals surface area contributed by atoms with Crippen LogP contribution in [-0.2, 0) is 9.53 Å². The molecule has 0 radical (unpaired) electrons. The highest BCUT2D eigenvalue weighted by atomic mass is 16.5. The van der Waals surface area contributed by atoms with E-state index in [1.807, 2.05) is 36.4 Å². The molecule has 0 spiro atoms. The minimum atomic E-state index is -0.625. The van der Waals surface area contributed by atoms with E-state index in [1.165, 1.54) is 24.9 Å². The monoisotopic (exact) mass is 433 g/mol. The number of amides is 1. The van der Waals surface area contributed by atoms with Crippen molar-refractivity contribution >= 4 is 5.91 Å². The fourth-order valence-corrected chi connectivity index (χ4v) is 4.42. The standard InChI is InChI=1S/C27H35N3O2/c1-20(2)18-25(27(31)29-16-15-28)32-26(22-8-5-4-6-9-22)23-13-11-21(12-14-23)24-10-7-17-30(3)19-24/h4-6,8-9,11-14,20,24-26H,7,10,16-19H2,1-3H3,(H,29,31)/t24?,25-,26?/m0/s1. The summed E-state index contributed by atoms with van der Waals surface area (Å²) in [5.41, 5.74) is 3.41. The summed E-state index contributed by atoms with van der Waals surface area (Å²) in [6.07, 6.45) is 2.06. The predicted octanol–water partition coefficient (Wildman–Crippen LogP) is 4.66. The first-order chi connectivity index (χ1) is 15.5. The van der Waals surface area contributed by atoms with Crippen LogP contribution in [0.2, 0.25) is 0 Å². The number of nitrogens with zero attached hydrogens (tertiary/aromatic N) is 2. The zero-order chi connectivity index (χ0) is 22.9. The molecule has 1 N–H and O–H groups in total. The Balaban J connectivity index is 1.85. The first-order valence-electron chi connectivity index (χ1n) is 11.6. The van der Waals surface area contributed by atoms with Gasteiger partial charge in [-0.3, -0.25) is 4.79 Å². The molecule has 2 aromatic carbocycles. The summed E-state index contributed by atoms with van der Waals surface area (Å²) in [6, 6.07) is 20.7. The minimum Gasteiger partial charge on any atom is -0.356 e. The smallest absolute Gasteiger partial charge is 0.250 e. The Morgan fingerprint density at radius 1 is 1.16 bits per heavy atom. The van der Waals surface area contributed by atoms with Crippen molar-refractivity contribution in [2.45, 2.75) is 51.2 Å². The van der Waals surface area contributed by atoms with Gasteiger partial charge in [0, 0.05) is 6.54 Å². The van der Waals surface area contributed by atoms with Gasteiger partial charge in [-0.05, 0) is 61.4 Å². The lowest BCUT2D eigenvalue weighted by molar-refractivity contribution is -0.136. The second-order valence-corrected chi connectivity index (χ2v) is 9.19. The van der Waals surface area contributed by atoms with Gasteiger partial charge in [0.1, 0.15) is 18.8 Å². The molecule has 1 aliphatic rings. The molecule has 170 valence electrons. The normalized spacial score (nSPS) is 18.7. The van der Waals surface area contributed by atoms with Gasteiger partial charge >= 0.3 is 0 Å². The largest absolute Gasteiger partial charge is 0.356 e. The molecule has 1 amide bonds. The summed E-state index contributed by atoms with van der Waals surface area (Å²) in [6.45, 7) is 6.39. The number of carbonyl (C=O) groups excluding carboxylic acids is 1. The third-order valence-corrected chi connectivity index (χ3v) is 6.06. The second kappa shape index (κ2) is 11.8. The van der Waals surface area contributed by atoms with E-state index in [2.05, 4.69) is 55.4 Å². The van der Waals surface area contributed by atoms with E-state index in [4.69, 9.17) is 10.00 Å². The Bertz CT molecular complexity index is 889. The van der Waals surface area contributed by atoms with Crippen molar-refractivity contribution in [1.29, 1.82) is 5.26 Å². The zero-order valence-electron chi connectivity index (χ0n) is 19.5. The molecular weight excluding hydrogens is 398 g/mol. The van der Waals surface area contributed by atoms with E-state index >= 15 is 0 Å². The quantitative estimate of drug-likeness (QED) is 0.584. The number of ether oxygens (including phenoxy) is 1. The van der Waals surface area contributed by atoms with E-state index < -0.39 is 6.10 Å². The van der Waals surface area contributed by atoms with Crippen LogP contribution in [0.5, 0.6) is 0 Å². The molecule has 0 saturated carbocycles. The molecule has 1 aliphatic heterocycles. The molecule has 0 aliphatic carbocycles. The third kappa shape index (κ3) is 6.66. The fraction of sp³-hybridized carbons (Fsp3) is 0.481. The molecule has 5 nitrogen and oxygen atoms in total. The number of carbonyl (C=O) groups is 1. The predicted molar refractivity (Wildman–Crippen MR) is 127 cm³/mol. The molecule has 2 aromatic rings. The lowest BCUT2D eigenvalue weighted by Gasteiger charge is -2.30. The van der Waals surface area contributed by atoms with Gasteiger partial charge in [0.25, 0.3) is 0 Å². The van der Waals surface area contributed by atoms with E-state index in [-0.39, 0.29) is 24.5 Å². The summed E-state index contributed by atoms with van der Waals surface area (Å²) in [5, 5.41) is 11.5. The van der Waals surface area contributed by atoms with Gasteiger partial charge < -0.3 is 15.0 Å². The molecule has 2 unspecified atom stereocenters. The zero-order valence-corrected chi connectivity index (χ0v) is 19.5. The maximum absolute atomic E-state index is 12.7. The first-order valence-corrected chi connectivity index (χ1v) is 11.6. The van der Waals surface area contributed by atoms with Crippen molar-refractivity contribution in [1.82, 2.24) is 10.2 Å². The van der Waals surface area contributed by atoms with Crippen molar-refractivity contribution in [3.8, 4) is 6.07 Å². The molecule has 3 rings (SSSR count). The summed E-state index contributed by atoms with van der Waals surface area (Å²) in [4.78, 5) is 15.1. The Hall–Kier alpha value is -2.68. The van der Waals surface area contributed by atoms with Gasteiger partial charge in [0.15, 0.2) is 0 Å². The molecular formula is C27H35N3O2. The topological polar surface area (TPSA) is 65.4 Å². The van der Waals surface area contributed by atoms with Crippen LogP contribution in [0.25, 0.3) is 0 Å². The highest BCUT2D eigenvalue weighted by Gasteiger charge is 2.27. The number of hydrogen-bond acceptors (Lipinski definition) is 4. The lowest BCUT2D eigenvalue weighted by atomic mass is 9.89. The molecule has 32 heavy (non-hydrogen) atoms. The molecule has 1 saturated heterocycles. The Morgan fingerprint density at radius 2 is 1.84 bits per heavy atom. The number of nitriles is 1. The summed E-state index contributed by atoms with van der Waals surface area (Å²) < 4.78 is 6.47. The van der Waals surface area contributed by atoms with Gasteiger partial charge in [-0.15, -0.1) is 0 Å². The lowest BCUT2D eigenvalue weighted by Crippen LogP contribution is -2.38. The van der Waals surface area contributed by atoms with E-state index in [0.29, 0.717) is 12.3 Å². The SMILES string of the molecule is CC(C)C[C@H](OC(c1ccccc1)c1ccc(C2CCCN(C)C2)cc1)C(=O)NCC#N. The Morgan fingerprint density at radius 3 is 2.47 bits per heavy atom. The van der Waals surface area contributed by atoms with E-state index in [9.17, 15) is 4.79 Å².